The Bertz CT molecular complexity index is 384. The van der Waals surface area contributed by atoms with Crippen LogP contribution in [0.5, 0.6) is 0 Å². The number of hydrogen-bond acceptors (Lipinski definition) is 3. The van der Waals surface area contributed by atoms with Crippen LogP contribution in [0.3, 0.4) is 0 Å². The van der Waals surface area contributed by atoms with E-state index in [0.29, 0.717) is 0 Å². The summed E-state index contributed by atoms with van der Waals surface area (Å²) in [6.07, 6.45) is 6.61. The molecule has 0 spiro atoms. The maximum absolute atomic E-state index is 4.79. The second-order valence-corrected chi connectivity index (χ2v) is 5.72. The van der Waals surface area contributed by atoms with Crippen molar-refractivity contribution >= 4 is 12.6 Å². The quantitative estimate of drug-likeness (QED) is 0.826. The van der Waals surface area contributed by atoms with E-state index in [1.165, 1.54) is 50.9 Å². The van der Waals surface area contributed by atoms with E-state index in [4.69, 9.17) is 17.6 Å². The van der Waals surface area contributed by atoms with E-state index >= 15 is 0 Å². The lowest BCUT2D eigenvalue weighted by atomic mass is 10.1. The molecule has 0 bridgehead atoms. The summed E-state index contributed by atoms with van der Waals surface area (Å²) in [5.74, 6) is 0.733. The minimum Gasteiger partial charge on any atom is -0.287 e. The lowest BCUT2D eigenvalue weighted by Crippen LogP contribution is -2.31. The Kier molecular flexibility index (Phi) is 3.39. The van der Waals surface area contributed by atoms with Crippen molar-refractivity contribution in [3.8, 4) is 0 Å². The van der Waals surface area contributed by atoms with Gasteiger partial charge in [0.1, 0.15) is 0 Å². The SMILES string of the molecule is SC(c1cccc(C2CC2)n1)N1CCCCC1. The van der Waals surface area contributed by atoms with Crippen molar-refractivity contribution in [2.75, 3.05) is 13.1 Å². The standard InChI is InChI=1S/C14H20N2S/c17-14(16-9-2-1-3-10-16)13-6-4-5-12(15-13)11-7-8-11/h4-6,11,14,17H,1-3,7-10H2. The predicted octanol–water partition coefficient (Wildman–Crippen LogP) is 3.37. The molecule has 1 aromatic heterocycles. The molecule has 0 radical (unpaired) electrons. The highest BCUT2D eigenvalue weighted by atomic mass is 32.1. The summed E-state index contributed by atoms with van der Waals surface area (Å²) >= 11 is 4.76. The molecule has 1 saturated carbocycles. The summed E-state index contributed by atoms with van der Waals surface area (Å²) < 4.78 is 0. The topological polar surface area (TPSA) is 16.1 Å². The molecule has 1 aliphatic carbocycles. The first-order valence-corrected chi connectivity index (χ1v) is 7.25. The second kappa shape index (κ2) is 4.99. The Morgan fingerprint density at radius 1 is 1.18 bits per heavy atom. The fourth-order valence-corrected chi connectivity index (χ4v) is 2.94. The fraction of sp³-hybridized carbons (Fsp3) is 0.643. The van der Waals surface area contributed by atoms with Crippen molar-refractivity contribution in [1.82, 2.24) is 9.88 Å². The Morgan fingerprint density at radius 3 is 2.65 bits per heavy atom. The maximum Gasteiger partial charge on any atom is 0.0958 e. The van der Waals surface area contributed by atoms with Crippen LogP contribution >= 0.6 is 12.6 Å². The molecule has 2 nitrogen and oxygen atoms in total. The minimum atomic E-state index is 0.189. The van der Waals surface area contributed by atoms with Crippen LogP contribution in [0, 0.1) is 0 Å². The lowest BCUT2D eigenvalue weighted by Gasteiger charge is -2.31. The summed E-state index contributed by atoms with van der Waals surface area (Å²) in [5, 5.41) is 0.189. The van der Waals surface area contributed by atoms with Crippen LogP contribution in [0.15, 0.2) is 18.2 Å². The van der Waals surface area contributed by atoms with E-state index < -0.39 is 0 Å². The number of likely N-dealkylation sites (tertiary alicyclic amines) is 1. The van der Waals surface area contributed by atoms with Gasteiger partial charge in [0.15, 0.2) is 0 Å². The third-order valence-corrected chi connectivity index (χ3v) is 4.38. The summed E-state index contributed by atoms with van der Waals surface area (Å²) in [5.41, 5.74) is 2.41. The molecule has 1 aliphatic heterocycles. The number of hydrogen-bond donors (Lipinski definition) is 1. The summed E-state index contributed by atoms with van der Waals surface area (Å²) in [6.45, 7) is 2.34. The number of rotatable bonds is 3. The average Bonchev–Trinajstić information content (AvgIpc) is 3.23. The van der Waals surface area contributed by atoms with Crippen molar-refractivity contribution in [3.63, 3.8) is 0 Å². The first kappa shape index (κ1) is 11.5. The molecule has 17 heavy (non-hydrogen) atoms. The number of piperidine rings is 1. The molecule has 2 fully saturated rings. The third-order valence-electron chi connectivity index (χ3n) is 3.79. The zero-order valence-electron chi connectivity index (χ0n) is 10.2. The molecule has 2 aliphatic rings. The van der Waals surface area contributed by atoms with Gasteiger partial charge < -0.3 is 0 Å². The van der Waals surface area contributed by atoms with Crippen molar-refractivity contribution in [2.24, 2.45) is 0 Å². The van der Waals surface area contributed by atoms with Gasteiger partial charge in [-0.1, -0.05) is 12.5 Å². The molecule has 2 heterocycles. The van der Waals surface area contributed by atoms with Gasteiger partial charge in [-0.15, -0.1) is 0 Å². The van der Waals surface area contributed by atoms with Gasteiger partial charge in [0.05, 0.1) is 11.1 Å². The van der Waals surface area contributed by atoms with Gasteiger partial charge in [-0.25, -0.2) is 0 Å². The van der Waals surface area contributed by atoms with Crippen molar-refractivity contribution in [2.45, 2.75) is 43.4 Å². The van der Waals surface area contributed by atoms with Crippen LogP contribution in [0.25, 0.3) is 0 Å². The first-order valence-electron chi connectivity index (χ1n) is 6.73. The number of nitrogens with zero attached hydrogens (tertiary/aromatic N) is 2. The highest BCUT2D eigenvalue weighted by Crippen LogP contribution is 2.39. The van der Waals surface area contributed by atoms with Crippen LogP contribution in [-0.4, -0.2) is 23.0 Å². The Balaban J connectivity index is 1.74. The molecule has 1 unspecified atom stereocenters. The summed E-state index contributed by atoms with van der Waals surface area (Å²) in [7, 11) is 0. The molecular formula is C14H20N2S. The van der Waals surface area contributed by atoms with E-state index in [1.807, 2.05) is 0 Å². The maximum atomic E-state index is 4.79. The fourth-order valence-electron chi connectivity index (χ4n) is 2.57. The van der Waals surface area contributed by atoms with Crippen LogP contribution in [0.1, 0.15) is 54.8 Å². The Morgan fingerprint density at radius 2 is 1.94 bits per heavy atom. The van der Waals surface area contributed by atoms with Gasteiger partial charge in [-0.3, -0.25) is 9.88 Å². The largest absolute Gasteiger partial charge is 0.287 e. The number of thiol groups is 1. The first-order chi connectivity index (χ1) is 8.34. The van der Waals surface area contributed by atoms with Gasteiger partial charge >= 0.3 is 0 Å². The lowest BCUT2D eigenvalue weighted by molar-refractivity contribution is 0.213. The molecule has 92 valence electrons. The molecule has 1 aromatic rings. The van der Waals surface area contributed by atoms with Gasteiger partial charge in [0.25, 0.3) is 0 Å². The van der Waals surface area contributed by atoms with E-state index in [-0.39, 0.29) is 5.37 Å². The van der Waals surface area contributed by atoms with Crippen molar-refractivity contribution in [3.05, 3.63) is 29.6 Å². The molecule has 1 atom stereocenters. The van der Waals surface area contributed by atoms with Gasteiger partial charge in [0, 0.05) is 11.6 Å². The normalized spacial score (nSPS) is 23.6. The third kappa shape index (κ3) is 2.66. The van der Waals surface area contributed by atoms with Gasteiger partial charge in [0.2, 0.25) is 0 Å². The van der Waals surface area contributed by atoms with E-state index in [2.05, 4.69) is 23.1 Å². The van der Waals surface area contributed by atoms with Gasteiger partial charge in [-0.05, 0) is 50.9 Å². The van der Waals surface area contributed by atoms with E-state index in [0.717, 1.165) is 11.6 Å². The molecule has 1 saturated heterocycles. The van der Waals surface area contributed by atoms with Crippen LogP contribution in [0.4, 0.5) is 0 Å². The zero-order chi connectivity index (χ0) is 11.7. The Labute approximate surface area is 109 Å². The highest BCUT2D eigenvalue weighted by molar-refractivity contribution is 7.80. The summed E-state index contributed by atoms with van der Waals surface area (Å²) in [6, 6.07) is 6.43. The second-order valence-electron chi connectivity index (χ2n) is 5.23. The Hall–Kier alpha value is -0.540. The molecule has 0 amide bonds. The van der Waals surface area contributed by atoms with Gasteiger partial charge in [-0.2, -0.15) is 12.6 Å². The van der Waals surface area contributed by atoms with E-state index in [1.54, 1.807) is 0 Å². The van der Waals surface area contributed by atoms with Crippen molar-refractivity contribution in [1.29, 1.82) is 0 Å². The van der Waals surface area contributed by atoms with E-state index in [9.17, 15) is 0 Å². The number of pyridine rings is 1. The minimum absolute atomic E-state index is 0.189. The molecule has 0 aromatic carbocycles. The monoisotopic (exact) mass is 248 g/mol. The molecular weight excluding hydrogens is 228 g/mol. The zero-order valence-corrected chi connectivity index (χ0v) is 11.1. The molecule has 3 rings (SSSR count). The van der Waals surface area contributed by atoms with Crippen LogP contribution in [-0.2, 0) is 0 Å². The summed E-state index contributed by atoms with van der Waals surface area (Å²) in [4.78, 5) is 7.24. The van der Waals surface area contributed by atoms with Crippen LogP contribution < -0.4 is 0 Å². The smallest absolute Gasteiger partial charge is 0.0958 e. The highest BCUT2D eigenvalue weighted by Gasteiger charge is 2.26. The van der Waals surface area contributed by atoms with Crippen molar-refractivity contribution < 1.29 is 0 Å². The number of aromatic nitrogens is 1. The molecule has 0 N–H and O–H groups in total. The van der Waals surface area contributed by atoms with Crippen LogP contribution in [0.2, 0.25) is 0 Å². The predicted molar refractivity (Wildman–Crippen MR) is 73.4 cm³/mol. The molecule has 3 heteroatoms. The average molecular weight is 248 g/mol.